The van der Waals surface area contributed by atoms with Crippen molar-refractivity contribution in [3.8, 4) is 0 Å². The molecule has 0 saturated heterocycles. The van der Waals surface area contributed by atoms with E-state index in [2.05, 4.69) is 13.8 Å². The van der Waals surface area contributed by atoms with Crippen LogP contribution in [0.15, 0.2) is 59.5 Å². The standard InChI is InChI=1S/C17H20FNS/c1-12(2)17(16(19)13-8-4-3-5-9-13)20-15-11-7-6-10-14(15)18/h3-12,16-17H,19H2,1-2H3. The Morgan fingerprint density at radius 3 is 2.15 bits per heavy atom. The second kappa shape index (κ2) is 6.91. The van der Waals surface area contributed by atoms with Crippen LogP contribution in [0, 0.1) is 11.7 Å². The fraction of sp³-hybridized carbons (Fsp3) is 0.294. The highest BCUT2D eigenvalue weighted by molar-refractivity contribution is 8.00. The number of hydrogen-bond acceptors (Lipinski definition) is 2. The van der Waals surface area contributed by atoms with E-state index < -0.39 is 0 Å². The summed E-state index contributed by atoms with van der Waals surface area (Å²) in [6.07, 6.45) is 0. The van der Waals surface area contributed by atoms with E-state index in [1.807, 2.05) is 42.5 Å². The third-order valence-corrected chi connectivity index (χ3v) is 4.99. The van der Waals surface area contributed by atoms with Gasteiger partial charge in [0.2, 0.25) is 0 Å². The molecule has 2 atom stereocenters. The molecule has 0 aliphatic heterocycles. The van der Waals surface area contributed by atoms with Crippen molar-refractivity contribution >= 4 is 11.8 Å². The van der Waals surface area contributed by atoms with Gasteiger partial charge in [-0.2, -0.15) is 0 Å². The second-order valence-corrected chi connectivity index (χ2v) is 6.41. The number of rotatable bonds is 5. The molecular formula is C17H20FNS. The van der Waals surface area contributed by atoms with Gasteiger partial charge in [0, 0.05) is 16.2 Å². The third kappa shape index (κ3) is 3.62. The van der Waals surface area contributed by atoms with Crippen LogP contribution >= 0.6 is 11.8 Å². The van der Waals surface area contributed by atoms with E-state index in [1.165, 1.54) is 17.8 Å². The monoisotopic (exact) mass is 289 g/mol. The zero-order chi connectivity index (χ0) is 14.5. The maximum absolute atomic E-state index is 13.8. The van der Waals surface area contributed by atoms with Crippen LogP contribution in [-0.4, -0.2) is 5.25 Å². The van der Waals surface area contributed by atoms with Gasteiger partial charge in [0.15, 0.2) is 0 Å². The summed E-state index contributed by atoms with van der Waals surface area (Å²) in [5.74, 6) is 0.179. The Bertz CT molecular complexity index is 542. The highest BCUT2D eigenvalue weighted by Crippen LogP contribution is 2.36. The van der Waals surface area contributed by atoms with Crippen molar-refractivity contribution in [3.05, 3.63) is 66.0 Å². The van der Waals surface area contributed by atoms with E-state index in [4.69, 9.17) is 5.73 Å². The van der Waals surface area contributed by atoms with Crippen molar-refractivity contribution in [3.63, 3.8) is 0 Å². The minimum Gasteiger partial charge on any atom is -0.323 e. The maximum atomic E-state index is 13.8. The molecule has 2 rings (SSSR count). The highest BCUT2D eigenvalue weighted by Gasteiger charge is 2.24. The molecule has 0 heterocycles. The number of benzene rings is 2. The molecule has 0 amide bonds. The van der Waals surface area contributed by atoms with E-state index in [-0.39, 0.29) is 17.1 Å². The second-order valence-electron chi connectivity index (χ2n) is 5.19. The first-order chi connectivity index (χ1) is 9.59. The average Bonchev–Trinajstić information content (AvgIpc) is 2.46. The SMILES string of the molecule is CC(C)C(Sc1ccccc1F)C(N)c1ccccc1. The van der Waals surface area contributed by atoms with Crippen molar-refractivity contribution in [1.29, 1.82) is 0 Å². The molecule has 1 nitrogen and oxygen atoms in total. The molecule has 0 fully saturated rings. The Labute approximate surface area is 124 Å². The van der Waals surface area contributed by atoms with Gasteiger partial charge in [-0.25, -0.2) is 4.39 Å². The van der Waals surface area contributed by atoms with Crippen molar-refractivity contribution in [2.75, 3.05) is 0 Å². The molecule has 20 heavy (non-hydrogen) atoms. The predicted molar refractivity (Wildman–Crippen MR) is 84.3 cm³/mol. The normalized spacial score (nSPS) is 14.2. The lowest BCUT2D eigenvalue weighted by atomic mass is 9.97. The highest BCUT2D eigenvalue weighted by atomic mass is 32.2. The molecule has 0 saturated carbocycles. The first kappa shape index (κ1) is 15.1. The maximum Gasteiger partial charge on any atom is 0.136 e. The van der Waals surface area contributed by atoms with Crippen molar-refractivity contribution in [2.45, 2.75) is 30.0 Å². The largest absolute Gasteiger partial charge is 0.323 e. The van der Waals surface area contributed by atoms with Crippen molar-refractivity contribution < 1.29 is 4.39 Å². The van der Waals surface area contributed by atoms with Gasteiger partial charge in [0.25, 0.3) is 0 Å². The minimum atomic E-state index is -0.177. The summed E-state index contributed by atoms with van der Waals surface area (Å²) in [4.78, 5) is 0.664. The summed E-state index contributed by atoms with van der Waals surface area (Å²) in [5, 5.41) is 0.134. The van der Waals surface area contributed by atoms with Gasteiger partial charge in [0.05, 0.1) is 0 Å². The molecule has 0 aliphatic carbocycles. The van der Waals surface area contributed by atoms with Crippen molar-refractivity contribution in [2.24, 2.45) is 11.7 Å². The van der Waals surface area contributed by atoms with Gasteiger partial charge >= 0.3 is 0 Å². The molecule has 0 bridgehead atoms. The summed E-state index contributed by atoms with van der Waals surface area (Å²) in [7, 11) is 0. The van der Waals surface area contributed by atoms with Gasteiger partial charge < -0.3 is 5.73 Å². The van der Waals surface area contributed by atoms with Crippen LogP contribution < -0.4 is 5.73 Å². The molecule has 106 valence electrons. The molecule has 2 aromatic rings. The van der Waals surface area contributed by atoms with Crippen LogP contribution in [0.25, 0.3) is 0 Å². The summed E-state index contributed by atoms with van der Waals surface area (Å²) in [5.41, 5.74) is 7.49. The lowest BCUT2D eigenvalue weighted by Gasteiger charge is -2.27. The smallest absolute Gasteiger partial charge is 0.136 e. The number of thioether (sulfide) groups is 1. The molecule has 2 aromatic carbocycles. The van der Waals surface area contributed by atoms with E-state index in [0.29, 0.717) is 10.8 Å². The molecule has 3 heteroatoms. The zero-order valence-corrected chi connectivity index (χ0v) is 12.6. The Kier molecular flexibility index (Phi) is 5.21. The Balaban J connectivity index is 2.22. The average molecular weight is 289 g/mol. The van der Waals surface area contributed by atoms with Crippen LogP contribution in [0.5, 0.6) is 0 Å². The topological polar surface area (TPSA) is 26.0 Å². The van der Waals surface area contributed by atoms with Crippen LogP contribution in [0.2, 0.25) is 0 Å². The van der Waals surface area contributed by atoms with Crippen molar-refractivity contribution in [1.82, 2.24) is 0 Å². The lowest BCUT2D eigenvalue weighted by molar-refractivity contribution is 0.525. The summed E-state index contributed by atoms with van der Waals surface area (Å²) in [6, 6.07) is 16.8. The van der Waals surface area contributed by atoms with Gasteiger partial charge in [-0.15, -0.1) is 11.8 Å². The quantitative estimate of drug-likeness (QED) is 0.811. The summed E-state index contributed by atoms with van der Waals surface area (Å²) >= 11 is 1.53. The van der Waals surface area contributed by atoms with E-state index in [9.17, 15) is 4.39 Å². The number of nitrogens with two attached hydrogens (primary N) is 1. The van der Waals surface area contributed by atoms with Gasteiger partial charge in [-0.1, -0.05) is 56.3 Å². The van der Waals surface area contributed by atoms with E-state index in [0.717, 1.165) is 5.56 Å². The lowest BCUT2D eigenvalue weighted by Crippen LogP contribution is -2.28. The minimum absolute atomic E-state index is 0.110. The molecule has 0 spiro atoms. The number of hydrogen-bond donors (Lipinski definition) is 1. The molecular weight excluding hydrogens is 269 g/mol. The molecule has 2 unspecified atom stereocenters. The van der Waals surface area contributed by atoms with Crippen LogP contribution in [0.3, 0.4) is 0 Å². The van der Waals surface area contributed by atoms with E-state index >= 15 is 0 Å². The Hall–Kier alpha value is -1.32. The van der Waals surface area contributed by atoms with Crippen LogP contribution in [0.1, 0.15) is 25.5 Å². The summed E-state index contributed by atoms with van der Waals surface area (Å²) < 4.78 is 13.8. The third-order valence-electron chi connectivity index (χ3n) is 3.30. The first-order valence-corrected chi connectivity index (χ1v) is 7.69. The van der Waals surface area contributed by atoms with Gasteiger partial charge in [-0.3, -0.25) is 0 Å². The Morgan fingerprint density at radius 2 is 1.55 bits per heavy atom. The molecule has 0 aliphatic rings. The van der Waals surface area contributed by atoms with Gasteiger partial charge in [0.1, 0.15) is 5.82 Å². The van der Waals surface area contributed by atoms with Crippen LogP contribution in [-0.2, 0) is 0 Å². The van der Waals surface area contributed by atoms with E-state index in [1.54, 1.807) is 6.07 Å². The molecule has 0 aromatic heterocycles. The molecule has 2 N–H and O–H groups in total. The fourth-order valence-corrected chi connectivity index (χ4v) is 3.38. The van der Waals surface area contributed by atoms with Gasteiger partial charge in [-0.05, 0) is 23.6 Å². The first-order valence-electron chi connectivity index (χ1n) is 6.81. The summed E-state index contributed by atoms with van der Waals surface area (Å²) in [6.45, 7) is 4.25. The van der Waals surface area contributed by atoms with Crippen LogP contribution in [0.4, 0.5) is 4.39 Å². The fourth-order valence-electron chi connectivity index (χ4n) is 2.18. The number of halogens is 1. The Morgan fingerprint density at radius 1 is 0.950 bits per heavy atom. The molecule has 0 radical (unpaired) electrons. The zero-order valence-electron chi connectivity index (χ0n) is 11.8. The predicted octanol–water partition coefficient (Wildman–Crippen LogP) is 4.64.